The molecule has 18 heavy (non-hydrogen) atoms. The fourth-order valence-corrected chi connectivity index (χ4v) is 2.19. The minimum atomic E-state index is -0.0557. The molecule has 1 amide bonds. The van der Waals surface area contributed by atoms with E-state index >= 15 is 0 Å². The van der Waals surface area contributed by atoms with Gasteiger partial charge in [-0.15, -0.1) is 0 Å². The van der Waals surface area contributed by atoms with Crippen LogP contribution in [0.5, 0.6) is 11.5 Å². The van der Waals surface area contributed by atoms with Crippen LogP contribution in [0.15, 0.2) is 18.2 Å². The summed E-state index contributed by atoms with van der Waals surface area (Å²) in [5.41, 5.74) is 0.495. The van der Waals surface area contributed by atoms with Crippen molar-refractivity contribution in [1.82, 2.24) is 4.90 Å². The molecule has 1 aliphatic carbocycles. The summed E-state index contributed by atoms with van der Waals surface area (Å²) in [7, 11) is 3.29. The molecule has 1 saturated carbocycles. The number of phenolic OH excluding ortho intramolecular Hbond substituents is 1. The smallest absolute Gasteiger partial charge is 0.253 e. The van der Waals surface area contributed by atoms with E-state index in [0.29, 0.717) is 17.2 Å². The number of carbonyl (C=O) groups excluding carboxylic acids is 1. The van der Waals surface area contributed by atoms with Gasteiger partial charge >= 0.3 is 0 Å². The predicted molar refractivity (Wildman–Crippen MR) is 69.0 cm³/mol. The monoisotopic (exact) mass is 249 g/mol. The lowest BCUT2D eigenvalue weighted by Gasteiger charge is -2.30. The van der Waals surface area contributed by atoms with Crippen LogP contribution in [-0.4, -0.2) is 36.6 Å². The van der Waals surface area contributed by atoms with E-state index in [2.05, 4.69) is 0 Å². The second-order valence-corrected chi connectivity index (χ2v) is 4.87. The lowest BCUT2D eigenvalue weighted by atomic mass is 9.85. The van der Waals surface area contributed by atoms with Crippen molar-refractivity contribution in [3.8, 4) is 11.5 Å². The molecule has 0 aliphatic heterocycles. The van der Waals surface area contributed by atoms with Gasteiger partial charge in [-0.2, -0.15) is 0 Å². The van der Waals surface area contributed by atoms with Crippen molar-refractivity contribution in [2.45, 2.75) is 19.3 Å². The van der Waals surface area contributed by atoms with Crippen LogP contribution in [0.2, 0.25) is 0 Å². The number of nitrogens with zero attached hydrogens (tertiary/aromatic N) is 1. The molecule has 0 atom stereocenters. The van der Waals surface area contributed by atoms with E-state index in [1.54, 1.807) is 17.0 Å². The van der Waals surface area contributed by atoms with Crippen LogP contribution in [0.25, 0.3) is 0 Å². The zero-order valence-electron chi connectivity index (χ0n) is 10.8. The average molecular weight is 249 g/mol. The van der Waals surface area contributed by atoms with Crippen molar-refractivity contribution in [3.05, 3.63) is 23.8 Å². The fourth-order valence-electron chi connectivity index (χ4n) is 2.19. The number of hydrogen-bond donors (Lipinski definition) is 1. The molecule has 0 unspecified atom stereocenters. The van der Waals surface area contributed by atoms with Crippen molar-refractivity contribution >= 4 is 5.91 Å². The molecular formula is C14H19NO3. The Balaban J connectivity index is 2.05. The van der Waals surface area contributed by atoms with Crippen molar-refractivity contribution in [2.24, 2.45) is 5.92 Å². The van der Waals surface area contributed by atoms with Crippen LogP contribution in [0.1, 0.15) is 29.6 Å². The minimum Gasteiger partial charge on any atom is -0.504 e. The minimum absolute atomic E-state index is 0.000365. The summed E-state index contributed by atoms with van der Waals surface area (Å²) in [6, 6.07) is 4.75. The number of ether oxygens (including phenoxy) is 1. The molecule has 1 aromatic rings. The highest BCUT2D eigenvalue weighted by Crippen LogP contribution is 2.29. The molecule has 1 aliphatic rings. The number of rotatable bonds is 4. The Bertz CT molecular complexity index is 441. The Labute approximate surface area is 107 Å². The van der Waals surface area contributed by atoms with E-state index in [0.717, 1.165) is 6.54 Å². The number of phenols is 1. The van der Waals surface area contributed by atoms with Gasteiger partial charge in [0.15, 0.2) is 11.5 Å². The maximum absolute atomic E-state index is 12.1. The van der Waals surface area contributed by atoms with Gasteiger partial charge in [0, 0.05) is 19.2 Å². The lowest BCUT2D eigenvalue weighted by Crippen LogP contribution is -2.34. The largest absolute Gasteiger partial charge is 0.504 e. The van der Waals surface area contributed by atoms with Crippen LogP contribution < -0.4 is 4.74 Å². The molecular weight excluding hydrogens is 230 g/mol. The number of amides is 1. The molecule has 0 bridgehead atoms. The van der Waals surface area contributed by atoms with Crippen molar-refractivity contribution in [3.63, 3.8) is 0 Å². The van der Waals surface area contributed by atoms with Gasteiger partial charge < -0.3 is 14.7 Å². The Morgan fingerprint density at radius 1 is 1.50 bits per heavy atom. The normalized spacial score (nSPS) is 15.0. The molecule has 1 fully saturated rings. The second kappa shape index (κ2) is 5.29. The Hall–Kier alpha value is -1.71. The van der Waals surface area contributed by atoms with E-state index in [9.17, 15) is 9.90 Å². The summed E-state index contributed by atoms with van der Waals surface area (Å²) >= 11 is 0. The standard InChI is InChI=1S/C14H19NO3/c1-15(9-10-4-3-5-10)14(17)11-6-7-13(18-2)12(16)8-11/h6-8,10,16H,3-5,9H2,1-2H3. The van der Waals surface area contributed by atoms with Crippen LogP contribution in [-0.2, 0) is 0 Å². The van der Waals surface area contributed by atoms with Crippen LogP contribution in [0.3, 0.4) is 0 Å². The van der Waals surface area contributed by atoms with Crippen LogP contribution >= 0.6 is 0 Å². The lowest BCUT2D eigenvalue weighted by molar-refractivity contribution is 0.0745. The van der Waals surface area contributed by atoms with Crippen molar-refractivity contribution < 1.29 is 14.6 Å². The van der Waals surface area contributed by atoms with Crippen molar-refractivity contribution in [1.29, 1.82) is 0 Å². The molecule has 1 N–H and O–H groups in total. The summed E-state index contributed by atoms with van der Waals surface area (Å²) in [4.78, 5) is 13.9. The first-order chi connectivity index (χ1) is 8.61. The topological polar surface area (TPSA) is 49.8 Å². The maximum atomic E-state index is 12.1. The van der Waals surface area contributed by atoms with Gasteiger partial charge in [0.2, 0.25) is 0 Å². The van der Waals surface area contributed by atoms with E-state index in [1.807, 2.05) is 7.05 Å². The molecule has 1 aromatic carbocycles. The zero-order chi connectivity index (χ0) is 13.1. The first-order valence-corrected chi connectivity index (χ1v) is 6.24. The van der Waals surface area contributed by atoms with Gasteiger partial charge in [-0.3, -0.25) is 4.79 Å². The third kappa shape index (κ3) is 2.58. The molecule has 4 nitrogen and oxygen atoms in total. The molecule has 2 rings (SSSR count). The third-order valence-corrected chi connectivity index (χ3v) is 3.53. The molecule has 0 heterocycles. The van der Waals surface area contributed by atoms with Gasteiger partial charge in [-0.25, -0.2) is 0 Å². The zero-order valence-corrected chi connectivity index (χ0v) is 10.8. The number of carbonyl (C=O) groups is 1. The number of methoxy groups -OCH3 is 1. The van der Waals surface area contributed by atoms with E-state index in [4.69, 9.17) is 4.74 Å². The number of hydrogen-bond acceptors (Lipinski definition) is 3. The summed E-state index contributed by atoms with van der Waals surface area (Å²) in [5, 5.41) is 9.67. The Kier molecular flexibility index (Phi) is 3.75. The van der Waals surface area contributed by atoms with Crippen molar-refractivity contribution in [2.75, 3.05) is 20.7 Å². The first-order valence-electron chi connectivity index (χ1n) is 6.24. The summed E-state index contributed by atoms with van der Waals surface area (Å²) in [6.07, 6.45) is 3.70. The Morgan fingerprint density at radius 3 is 2.72 bits per heavy atom. The highest BCUT2D eigenvalue weighted by atomic mass is 16.5. The Morgan fingerprint density at radius 2 is 2.22 bits per heavy atom. The molecule has 0 aromatic heterocycles. The highest BCUT2D eigenvalue weighted by molar-refractivity contribution is 5.94. The molecule has 0 spiro atoms. The third-order valence-electron chi connectivity index (χ3n) is 3.53. The summed E-state index contributed by atoms with van der Waals surface area (Å²) in [5.74, 6) is 0.972. The van der Waals surface area contributed by atoms with Gasteiger partial charge in [-0.1, -0.05) is 6.42 Å². The molecule has 98 valence electrons. The van der Waals surface area contributed by atoms with Crippen LogP contribution in [0.4, 0.5) is 0 Å². The summed E-state index contributed by atoms with van der Waals surface area (Å²) in [6.45, 7) is 0.797. The van der Waals surface area contributed by atoms with Gasteiger partial charge in [0.05, 0.1) is 7.11 Å². The second-order valence-electron chi connectivity index (χ2n) is 4.87. The van der Waals surface area contributed by atoms with Crippen LogP contribution in [0, 0.1) is 5.92 Å². The SMILES string of the molecule is COc1ccc(C(=O)N(C)CC2CCC2)cc1O. The van der Waals surface area contributed by atoms with E-state index in [-0.39, 0.29) is 11.7 Å². The molecule has 4 heteroatoms. The quantitative estimate of drug-likeness (QED) is 0.890. The summed E-state index contributed by atoms with van der Waals surface area (Å²) < 4.78 is 4.96. The maximum Gasteiger partial charge on any atom is 0.253 e. The van der Waals surface area contributed by atoms with E-state index in [1.165, 1.54) is 32.4 Å². The highest BCUT2D eigenvalue weighted by Gasteiger charge is 2.22. The number of benzene rings is 1. The molecule has 0 saturated heterocycles. The average Bonchev–Trinajstić information content (AvgIpc) is 2.32. The van der Waals surface area contributed by atoms with E-state index < -0.39 is 0 Å². The molecule has 0 radical (unpaired) electrons. The predicted octanol–water partition coefficient (Wildman–Crippen LogP) is 2.27. The van der Waals surface area contributed by atoms with Gasteiger partial charge in [0.25, 0.3) is 5.91 Å². The van der Waals surface area contributed by atoms with Gasteiger partial charge in [-0.05, 0) is 37.0 Å². The van der Waals surface area contributed by atoms with Gasteiger partial charge in [0.1, 0.15) is 0 Å². The first kappa shape index (κ1) is 12.7. The number of aromatic hydroxyl groups is 1. The fraction of sp³-hybridized carbons (Fsp3) is 0.500.